The van der Waals surface area contributed by atoms with Gasteiger partial charge in [0.2, 0.25) is 0 Å². The number of rotatable bonds is 4. The van der Waals surface area contributed by atoms with Gasteiger partial charge in [-0.05, 0) is 11.1 Å². The Bertz CT molecular complexity index is 305. The highest BCUT2D eigenvalue weighted by Crippen LogP contribution is 2.06. The first-order chi connectivity index (χ1) is 6.36. The molecule has 1 aromatic rings. The molecule has 0 aromatic heterocycles. The molecule has 1 aromatic carbocycles. The molecule has 0 bridgehead atoms. The fourth-order valence-electron chi connectivity index (χ4n) is 1.08. The number of hydrogen-bond donors (Lipinski definition) is 1. The second-order valence-electron chi connectivity index (χ2n) is 2.75. The number of nitrogens with two attached hydrogens (primary N) is 1. The SMILES string of the molecule is NCc1cccc(C=CCC=O)c1. The summed E-state index contributed by atoms with van der Waals surface area (Å²) < 4.78 is 0. The Balaban J connectivity index is 2.71. The standard InChI is InChI=1S/C11H13NO/c12-9-11-6-3-5-10(8-11)4-1-2-7-13/h1,3-8H,2,9,12H2. The van der Waals surface area contributed by atoms with E-state index in [-0.39, 0.29) is 0 Å². The van der Waals surface area contributed by atoms with Crippen molar-refractivity contribution in [3.63, 3.8) is 0 Å². The van der Waals surface area contributed by atoms with Crippen molar-refractivity contribution in [1.82, 2.24) is 0 Å². The van der Waals surface area contributed by atoms with Crippen LogP contribution in [0.5, 0.6) is 0 Å². The molecule has 0 aliphatic rings. The molecular formula is C11H13NO. The summed E-state index contributed by atoms with van der Waals surface area (Å²) >= 11 is 0. The molecule has 0 saturated carbocycles. The van der Waals surface area contributed by atoms with Gasteiger partial charge < -0.3 is 10.5 Å². The van der Waals surface area contributed by atoms with Gasteiger partial charge in [0.1, 0.15) is 6.29 Å². The Labute approximate surface area is 78.1 Å². The van der Waals surface area contributed by atoms with Gasteiger partial charge in [-0.15, -0.1) is 0 Å². The second kappa shape index (κ2) is 5.27. The third-order valence-electron chi connectivity index (χ3n) is 1.73. The summed E-state index contributed by atoms with van der Waals surface area (Å²) in [6.45, 7) is 0.551. The Kier molecular flexibility index (Phi) is 3.93. The van der Waals surface area contributed by atoms with Crippen molar-refractivity contribution in [2.45, 2.75) is 13.0 Å². The van der Waals surface area contributed by atoms with Crippen LogP contribution in [0.1, 0.15) is 17.5 Å². The Morgan fingerprint density at radius 1 is 1.38 bits per heavy atom. The van der Waals surface area contributed by atoms with E-state index in [0.717, 1.165) is 17.4 Å². The van der Waals surface area contributed by atoms with E-state index in [2.05, 4.69) is 0 Å². The summed E-state index contributed by atoms with van der Waals surface area (Å²) in [6, 6.07) is 7.95. The van der Waals surface area contributed by atoms with Crippen LogP contribution in [0, 0.1) is 0 Å². The predicted octanol–water partition coefficient (Wildman–Crippen LogP) is 1.75. The lowest BCUT2D eigenvalue weighted by Crippen LogP contribution is -1.95. The average molecular weight is 175 g/mol. The van der Waals surface area contributed by atoms with Crippen LogP contribution >= 0.6 is 0 Å². The molecular weight excluding hydrogens is 162 g/mol. The molecule has 68 valence electrons. The Hall–Kier alpha value is -1.41. The minimum atomic E-state index is 0.465. The molecule has 13 heavy (non-hydrogen) atoms. The van der Waals surface area contributed by atoms with Gasteiger partial charge in [0, 0.05) is 13.0 Å². The number of benzene rings is 1. The summed E-state index contributed by atoms with van der Waals surface area (Å²) in [4.78, 5) is 10.0. The monoisotopic (exact) mass is 175 g/mol. The number of aldehydes is 1. The van der Waals surface area contributed by atoms with E-state index in [1.54, 1.807) is 0 Å². The normalized spacial score (nSPS) is 10.5. The molecule has 0 saturated heterocycles. The summed E-state index contributed by atoms with van der Waals surface area (Å²) in [5.41, 5.74) is 7.69. The van der Waals surface area contributed by atoms with Gasteiger partial charge >= 0.3 is 0 Å². The number of allylic oxidation sites excluding steroid dienone is 1. The second-order valence-corrected chi connectivity index (χ2v) is 2.75. The topological polar surface area (TPSA) is 43.1 Å². The molecule has 2 heteroatoms. The third-order valence-corrected chi connectivity index (χ3v) is 1.73. The quantitative estimate of drug-likeness (QED) is 0.708. The van der Waals surface area contributed by atoms with Crippen LogP contribution in [0.3, 0.4) is 0 Å². The lowest BCUT2D eigenvalue weighted by molar-refractivity contribution is -0.107. The van der Waals surface area contributed by atoms with Crippen LogP contribution in [0.15, 0.2) is 30.3 Å². The first kappa shape index (κ1) is 9.68. The zero-order chi connectivity index (χ0) is 9.52. The van der Waals surface area contributed by atoms with Crippen molar-refractivity contribution in [3.05, 3.63) is 41.5 Å². The summed E-state index contributed by atoms with van der Waals surface area (Å²) in [7, 11) is 0. The minimum Gasteiger partial charge on any atom is -0.326 e. The summed E-state index contributed by atoms with van der Waals surface area (Å²) in [5.74, 6) is 0. The van der Waals surface area contributed by atoms with Crippen molar-refractivity contribution < 1.29 is 4.79 Å². The molecule has 0 unspecified atom stereocenters. The van der Waals surface area contributed by atoms with E-state index < -0.39 is 0 Å². The maximum atomic E-state index is 10.0. The van der Waals surface area contributed by atoms with Crippen LogP contribution < -0.4 is 5.73 Å². The highest BCUT2D eigenvalue weighted by Gasteiger charge is 1.89. The molecule has 0 amide bonds. The van der Waals surface area contributed by atoms with Gasteiger partial charge in [0.15, 0.2) is 0 Å². The molecule has 0 fully saturated rings. The van der Waals surface area contributed by atoms with E-state index in [1.165, 1.54) is 0 Å². The number of carbonyl (C=O) groups excluding carboxylic acids is 1. The van der Waals surface area contributed by atoms with E-state index in [0.29, 0.717) is 13.0 Å². The van der Waals surface area contributed by atoms with Gasteiger partial charge in [0.25, 0.3) is 0 Å². The van der Waals surface area contributed by atoms with Gasteiger partial charge in [-0.1, -0.05) is 36.4 Å². The van der Waals surface area contributed by atoms with E-state index in [4.69, 9.17) is 5.73 Å². The zero-order valence-corrected chi connectivity index (χ0v) is 7.44. The number of hydrogen-bond acceptors (Lipinski definition) is 2. The maximum absolute atomic E-state index is 10.0. The summed E-state index contributed by atoms with van der Waals surface area (Å²) in [5, 5.41) is 0. The average Bonchev–Trinajstić information content (AvgIpc) is 2.19. The highest BCUT2D eigenvalue weighted by molar-refractivity contribution is 5.58. The lowest BCUT2D eigenvalue weighted by atomic mass is 10.1. The molecule has 0 heterocycles. The number of carbonyl (C=O) groups is 1. The van der Waals surface area contributed by atoms with E-state index >= 15 is 0 Å². The predicted molar refractivity (Wildman–Crippen MR) is 54.0 cm³/mol. The third kappa shape index (κ3) is 3.22. The minimum absolute atomic E-state index is 0.465. The Morgan fingerprint density at radius 3 is 2.92 bits per heavy atom. The highest BCUT2D eigenvalue weighted by atomic mass is 16.1. The van der Waals surface area contributed by atoms with Crippen LogP contribution in [0.25, 0.3) is 6.08 Å². The maximum Gasteiger partial charge on any atom is 0.123 e. The van der Waals surface area contributed by atoms with Crippen LogP contribution in [-0.4, -0.2) is 6.29 Å². The fraction of sp³-hybridized carbons (Fsp3) is 0.182. The van der Waals surface area contributed by atoms with Gasteiger partial charge in [0.05, 0.1) is 0 Å². The van der Waals surface area contributed by atoms with Crippen LogP contribution in [0.2, 0.25) is 0 Å². The molecule has 0 spiro atoms. The van der Waals surface area contributed by atoms with Crippen molar-refractivity contribution >= 4 is 12.4 Å². The molecule has 1 rings (SSSR count). The van der Waals surface area contributed by atoms with Gasteiger partial charge in [-0.3, -0.25) is 0 Å². The molecule has 0 aliphatic carbocycles. The molecule has 0 atom stereocenters. The van der Waals surface area contributed by atoms with Crippen molar-refractivity contribution in [2.75, 3.05) is 0 Å². The lowest BCUT2D eigenvalue weighted by Gasteiger charge is -1.97. The molecule has 2 N–H and O–H groups in total. The van der Waals surface area contributed by atoms with Crippen molar-refractivity contribution in [1.29, 1.82) is 0 Å². The first-order valence-corrected chi connectivity index (χ1v) is 4.26. The summed E-state index contributed by atoms with van der Waals surface area (Å²) in [6.07, 6.45) is 5.10. The Morgan fingerprint density at radius 2 is 2.23 bits per heavy atom. The zero-order valence-electron chi connectivity index (χ0n) is 7.44. The largest absolute Gasteiger partial charge is 0.326 e. The van der Waals surface area contributed by atoms with E-state index in [1.807, 2.05) is 36.4 Å². The smallest absolute Gasteiger partial charge is 0.123 e. The van der Waals surface area contributed by atoms with Gasteiger partial charge in [-0.2, -0.15) is 0 Å². The van der Waals surface area contributed by atoms with E-state index in [9.17, 15) is 4.79 Å². The van der Waals surface area contributed by atoms with Crippen molar-refractivity contribution in [2.24, 2.45) is 5.73 Å². The van der Waals surface area contributed by atoms with Crippen molar-refractivity contribution in [3.8, 4) is 0 Å². The van der Waals surface area contributed by atoms with Gasteiger partial charge in [-0.25, -0.2) is 0 Å². The fourth-order valence-corrected chi connectivity index (χ4v) is 1.08. The van der Waals surface area contributed by atoms with Crippen LogP contribution in [-0.2, 0) is 11.3 Å². The first-order valence-electron chi connectivity index (χ1n) is 4.26. The molecule has 0 radical (unpaired) electrons. The molecule has 2 nitrogen and oxygen atoms in total. The van der Waals surface area contributed by atoms with Crippen LogP contribution in [0.4, 0.5) is 0 Å². The molecule has 0 aliphatic heterocycles.